The summed E-state index contributed by atoms with van der Waals surface area (Å²) in [7, 11) is 0. The van der Waals surface area contributed by atoms with E-state index in [1.165, 1.54) is 75.5 Å². The van der Waals surface area contributed by atoms with Crippen molar-refractivity contribution in [1.29, 1.82) is 10.5 Å². The predicted octanol–water partition coefficient (Wildman–Crippen LogP) is 11.6. The molecule has 0 saturated carbocycles. The molecule has 0 fully saturated rings. The van der Waals surface area contributed by atoms with Gasteiger partial charge in [0.05, 0.1) is 42.0 Å². The maximum atomic E-state index is 12.8. The molecule has 0 bridgehead atoms. The van der Waals surface area contributed by atoms with Gasteiger partial charge in [-0.25, -0.2) is 28.7 Å². The Morgan fingerprint density at radius 1 is 0.500 bits per heavy atom. The minimum atomic E-state index is -4.37. The molecular formula is C61H38F7Ir4N18-6. The zero-order valence-corrected chi connectivity index (χ0v) is 55.0. The summed E-state index contributed by atoms with van der Waals surface area (Å²) in [5, 5.41) is 36.6. The van der Waals surface area contributed by atoms with E-state index in [0.29, 0.717) is 34.4 Å². The van der Waals surface area contributed by atoms with Gasteiger partial charge >= 0.3 is 26.3 Å². The zero-order chi connectivity index (χ0) is 60.3. The average Bonchev–Trinajstić information content (AvgIpc) is 3.49. The molecule has 4 aromatic carbocycles. The Bertz CT molecular complexity index is 3770. The van der Waals surface area contributed by atoms with Crippen LogP contribution in [0, 0.1) is 103 Å². The van der Waals surface area contributed by atoms with Gasteiger partial charge in [0.1, 0.15) is 11.9 Å². The molecule has 0 aliphatic carbocycles. The van der Waals surface area contributed by atoms with E-state index in [9.17, 15) is 30.7 Å². The van der Waals surface area contributed by atoms with Crippen LogP contribution in [0.1, 0.15) is 11.3 Å². The Morgan fingerprint density at radius 3 is 1.41 bits per heavy atom. The smallest absolute Gasteiger partial charge is 0.509 e. The number of hydrogen-bond acceptors (Lipinski definition) is 18. The molecule has 0 unspecified atom stereocenters. The second kappa shape index (κ2) is 35.2. The van der Waals surface area contributed by atoms with Crippen molar-refractivity contribution in [2.24, 2.45) is 15.3 Å². The summed E-state index contributed by atoms with van der Waals surface area (Å²) in [6.45, 7) is 6.51. The van der Waals surface area contributed by atoms with Crippen molar-refractivity contribution < 1.29 is 111 Å². The first-order valence-electron chi connectivity index (χ1n) is 24.9. The maximum Gasteiger partial charge on any atom is 3.00 e. The van der Waals surface area contributed by atoms with Crippen molar-refractivity contribution in [1.82, 2.24) is 30.2 Å². The number of hydrogen-bond donors (Lipinski definition) is 1. The molecule has 4 aliphatic heterocycles. The Hall–Kier alpha value is -9.13. The molecule has 29 heteroatoms. The van der Waals surface area contributed by atoms with Crippen LogP contribution in [0.5, 0.6) is 0 Å². The number of nitrogens with one attached hydrogen (secondary N) is 1. The molecule has 5 aromatic heterocycles. The van der Waals surface area contributed by atoms with Gasteiger partial charge in [-0.05, 0) is 108 Å². The third kappa shape index (κ3) is 20.5. The third-order valence-electron chi connectivity index (χ3n) is 11.4. The minimum Gasteiger partial charge on any atom is -0.509 e. The summed E-state index contributed by atoms with van der Waals surface area (Å²) >= 11 is 0. The number of nitriles is 2. The fourth-order valence-corrected chi connectivity index (χ4v) is 7.21. The molecule has 0 amide bonds. The van der Waals surface area contributed by atoms with E-state index in [0.717, 1.165) is 59.4 Å². The van der Waals surface area contributed by atoms with Crippen molar-refractivity contribution in [3.8, 4) is 23.4 Å². The standard InChI is InChI=1S/C14H8F4N4.C13H8F2N4.C13H9FN4.C11H8N.C10H5N5.4Ir/c15-11-3-6-13(19-7-11)22-9-21(8-20-22)12-4-1-10(2-5-12)14(16,17)18;14-10-1-4-12(5-2-10)18-8-17-19(9-18)13-6-3-11(15)7-16-13;14-11-6-7-13(15-8-11)18-10-17(9-16-18)12-4-2-1-3-5-12;1-2-6-10(7-3-1)11-8-4-5-9-12-11;11-4-8-3-10(1-2-13-8)15-6-9(5-12)14-7-15;;;;/h1-5,7-9H;1-5,7-9H;1-6,8-10H;1-6,8-9H;2-3,6-7,14H;;;;/q3*-2;-1;-2;;;;+3. The molecule has 0 saturated heterocycles. The van der Waals surface area contributed by atoms with E-state index in [-0.39, 0.29) is 92.1 Å². The van der Waals surface area contributed by atoms with Crippen LogP contribution in [0.25, 0.3) is 11.3 Å². The summed E-state index contributed by atoms with van der Waals surface area (Å²) in [6, 6.07) is 57.1. The van der Waals surface area contributed by atoms with Crippen molar-refractivity contribution in [2.75, 3.05) is 34.6 Å². The number of alkyl halides is 3. The number of allylic oxidation sites excluding steroid dienone is 1. The van der Waals surface area contributed by atoms with E-state index < -0.39 is 29.2 Å². The van der Waals surface area contributed by atoms with Crippen LogP contribution in [0.4, 0.5) is 70.9 Å². The molecule has 0 spiro atoms. The molecule has 18 nitrogen and oxygen atoms in total. The number of pyridine rings is 5. The van der Waals surface area contributed by atoms with Gasteiger partial charge in [0.2, 0.25) is 0 Å². The number of anilines is 7. The normalized spacial score (nSPS) is 13.0. The summed E-state index contributed by atoms with van der Waals surface area (Å²) in [4.78, 5) is 26.3. The Morgan fingerprint density at radius 2 is 0.989 bits per heavy atom. The first-order valence-corrected chi connectivity index (χ1v) is 24.9. The quantitative estimate of drug-likeness (QED) is 0.112. The second-order valence-corrected chi connectivity index (χ2v) is 17.2. The number of hydrazone groups is 3. The zero-order valence-electron chi connectivity index (χ0n) is 45.4. The predicted molar refractivity (Wildman–Crippen MR) is 307 cm³/mol. The van der Waals surface area contributed by atoms with Crippen molar-refractivity contribution in [3.05, 3.63) is 280 Å². The maximum absolute atomic E-state index is 12.8. The summed E-state index contributed by atoms with van der Waals surface area (Å²) in [5.41, 5.74) is 4.96. The third-order valence-corrected chi connectivity index (χ3v) is 11.4. The largest absolute Gasteiger partial charge is 3.00 e. The fraction of sp³-hybridized carbons (Fsp3) is 0.0164. The van der Waals surface area contributed by atoms with Gasteiger partial charge in [-0.15, -0.1) is 55.9 Å². The fourth-order valence-electron chi connectivity index (χ4n) is 7.21. The van der Waals surface area contributed by atoms with Crippen molar-refractivity contribution in [2.45, 2.75) is 6.18 Å². The van der Waals surface area contributed by atoms with Crippen LogP contribution in [0.3, 0.4) is 0 Å². The summed E-state index contributed by atoms with van der Waals surface area (Å²) in [5.74, 6) is -0.596. The van der Waals surface area contributed by atoms with Gasteiger partial charge in [-0.2, -0.15) is 75.6 Å². The number of nitrogens with zero attached hydrogens (tertiary/aromatic N) is 17. The first kappa shape index (κ1) is 71.6. The van der Waals surface area contributed by atoms with E-state index in [1.54, 1.807) is 73.1 Å². The van der Waals surface area contributed by atoms with Gasteiger partial charge in [-0.1, -0.05) is 36.5 Å². The Kier molecular flexibility index (Phi) is 28.0. The van der Waals surface area contributed by atoms with Gasteiger partial charge in [0, 0.05) is 107 Å². The molecule has 0 atom stereocenters. The molecule has 9 aromatic rings. The molecule has 4 aliphatic rings. The summed E-state index contributed by atoms with van der Waals surface area (Å²) < 4.78 is 88.6. The first-order chi connectivity index (χ1) is 41.8. The Balaban J connectivity index is 0.000000205. The van der Waals surface area contributed by atoms with E-state index in [4.69, 9.17) is 10.5 Å². The number of para-hydroxylation sites is 1. The molecule has 13 rings (SSSR count). The van der Waals surface area contributed by atoms with Crippen LogP contribution in [0.2, 0.25) is 0 Å². The number of benzene rings is 4. The molecule has 3 radical (unpaired) electrons. The number of rotatable bonds is 8. The van der Waals surface area contributed by atoms with Gasteiger partial charge < -0.3 is 58.1 Å². The van der Waals surface area contributed by atoms with Crippen molar-refractivity contribution >= 4 is 59.2 Å². The minimum absolute atomic E-state index is 0. The van der Waals surface area contributed by atoms with Crippen molar-refractivity contribution in [3.63, 3.8) is 0 Å². The number of aromatic nitrogens is 5. The topological polar surface area (TPSA) is 184 Å². The summed E-state index contributed by atoms with van der Waals surface area (Å²) in [6.07, 6.45) is 8.33. The monoisotopic (exact) mass is 1930 g/mol. The van der Waals surface area contributed by atoms with Crippen LogP contribution < -0.4 is 39.9 Å². The van der Waals surface area contributed by atoms with Gasteiger partial charge in [0.25, 0.3) is 0 Å². The number of halogens is 7. The molecule has 463 valence electrons. The van der Waals surface area contributed by atoms with Crippen LogP contribution in [-0.2, 0) is 86.6 Å². The molecule has 9 heterocycles. The second-order valence-electron chi connectivity index (χ2n) is 17.2. The van der Waals surface area contributed by atoms with E-state index in [1.807, 2.05) is 89.8 Å². The van der Waals surface area contributed by atoms with Crippen LogP contribution >= 0.6 is 0 Å². The van der Waals surface area contributed by atoms with Crippen LogP contribution in [-0.4, -0.2) is 43.9 Å². The molecule has 90 heavy (non-hydrogen) atoms. The van der Waals surface area contributed by atoms with E-state index in [2.05, 4.69) is 75.9 Å². The van der Waals surface area contributed by atoms with Gasteiger partial charge in [-0.3, -0.25) is 19.9 Å². The molecule has 1 N–H and O–H groups in total. The van der Waals surface area contributed by atoms with Crippen LogP contribution in [0.15, 0.2) is 204 Å². The van der Waals surface area contributed by atoms with E-state index >= 15 is 0 Å². The van der Waals surface area contributed by atoms with Gasteiger partial charge in [0.15, 0.2) is 0 Å². The average molecular weight is 1920 g/mol. The Labute approximate surface area is 566 Å². The SMILES string of the molecule is Fc1c[c-]c(N2[CH-]N(c3ccc(C(F)(F)F)cc3)C=N2)nc1.Fc1c[c-]c(N2[CH-]N(c3ccccc3)C=N2)nc1.Fc1ccc(N2C=NN(c3[c-]cc(F)cn3)[CH-]2)cc1.N#CC1=CN(c2[c-]cnc(C#N)c2)[CH-]N1.[Ir+3].[Ir].[Ir].[Ir].[c-]1ccccc1-c1ccccn1. The molecular weight excluding hydrogens is 1890 g/mol.